The van der Waals surface area contributed by atoms with Crippen LogP contribution < -0.4 is 10.6 Å². The Bertz CT molecular complexity index is 2630. The van der Waals surface area contributed by atoms with Crippen molar-refractivity contribution in [2.75, 3.05) is 23.1 Å². The molecule has 0 atom stereocenters. The molecule has 0 saturated carbocycles. The number of aryl methyl sites for hydroxylation is 1. The van der Waals surface area contributed by atoms with Gasteiger partial charge in [-0.15, -0.1) is 0 Å². The van der Waals surface area contributed by atoms with Crippen LogP contribution in [-0.2, 0) is 26.1 Å². The van der Waals surface area contributed by atoms with Crippen LogP contribution in [0.4, 0.5) is 23.0 Å². The number of hydrogen-bond donors (Lipinski definition) is 2. The lowest BCUT2D eigenvalue weighted by Crippen LogP contribution is -2.05. The minimum absolute atomic E-state index is 0.268. The zero-order chi connectivity index (χ0) is 38.6. The fraction of sp³-hybridized carbons (Fsp3) is 0.231. The predicted octanol–water partition coefficient (Wildman–Crippen LogP) is 8.65. The summed E-state index contributed by atoms with van der Waals surface area (Å²) >= 11 is 3.46. The molecule has 4 aromatic heterocycles. The number of sulfone groups is 2. The Morgan fingerprint density at radius 2 is 1.24 bits per heavy atom. The summed E-state index contributed by atoms with van der Waals surface area (Å²) in [5.74, 6) is 1.81. The van der Waals surface area contributed by atoms with Gasteiger partial charge in [-0.05, 0) is 83.2 Å². The maximum atomic E-state index is 11.7. The van der Waals surface area contributed by atoms with Crippen LogP contribution in [0.3, 0.4) is 0 Å². The van der Waals surface area contributed by atoms with Gasteiger partial charge in [0.15, 0.2) is 31.0 Å². The molecular formula is C39H41BrN8O4S2. The van der Waals surface area contributed by atoms with Gasteiger partial charge < -0.3 is 10.6 Å². The van der Waals surface area contributed by atoms with E-state index in [0.29, 0.717) is 4.90 Å². The van der Waals surface area contributed by atoms with E-state index in [0.717, 1.165) is 80.6 Å². The molecule has 0 aliphatic rings. The fourth-order valence-corrected chi connectivity index (χ4v) is 7.21. The van der Waals surface area contributed by atoms with Crippen molar-refractivity contribution in [2.45, 2.75) is 55.7 Å². The third-order valence-electron chi connectivity index (χ3n) is 8.56. The molecule has 2 N–H and O–H groups in total. The van der Waals surface area contributed by atoms with E-state index in [1.54, 1.807) is 59.2 Å². The highest BCUT2D eigenvalue weighted by Gasteiger charge is 2.15. The van der Waals surface area contributed by atoms with Crippen LogP contribution in [0.1, 0.15) is 50.8 Å². The zero-order valence-electron chi connectivity index (χ0n) is 30.5. The Morgan fingerprint density at radius 3 is 1.78 bits per heavy atom. The van der Waals surface area contributed by atoms with E-state index in [1.807, 2.05) is 53.2 Å². The second-order valence-corrected chi connectivity index (χ2v) is 18.1. The number of rotatable bonds is 11. The molecule has 7 aromatic rings. The molecule has 3 aromatic carbocycles. The summed E-state index contributed by atoms with van der Waals surface area (Å²) < 4.78 is 50.9. The third kappa shape index (κ3) is 8.97. The maximum absolute atomic E-state index is 11.7. The van der Waals surface area contributed by atoms with Gasteiger partial charge in [0.25, 0.3) is 0 Å². The lowest BCUT2D eigenvalue weighted by molar-refractivity contribution is 0.600. The molecule has 0 radical (unpaired) electrons. The molecule has 12 nitrogen and oxygen atoms in total. The quantitative estimate of drug-likeness (QED) is 0.130. The number of nitrogens with zero attached hydrogens (tertiary/aromatic N) is 6. The molecular weight excluding hydrogens is 789 g/mol. The largest absolute Gasteiger partial charge is 0.340 e. The smallest absolute Gasteiger partial charge is 0.175 e. The Morgan fingerprint density at radius 1 is 0.704 bits per heavy atom. The van der Waals surface area contributed by atoms with Crippen molar-refractivity contribution < 1.29 is 16.8 Å². The first-order valence-corrected chi connectivity index (χ1v) is 21.9. The number of unbranched alkanes of at least 4 members (excludes halogenated alkanes) is 1. The van der Waals surface area contributed by atoms with E-state index < -0.39 is 19.7 Å². The van der Waals surface area contributed by atoms with Gasteiger partial charge in [0.1, 0.15) is 11.6 Å². The highest BCUT2D eigenvalue weighted by atomic mass is 79.9. The highest BCUT2D eigenvalue weighted by Crippen LogP contribution is 2.28. The minimum Gasteiger partial charge on any atom is -0.340 e. The summed E-state index contributed by atoms with van der Waals surface area (Å²) in [6.07, 6.45) is 9.08. The summed E-state index contributed by atoms with van der Waals surface area (Å²) in [5, 5.41) is 15.5. The topological polar surface area (TPSA) is 153 Å². The SMILES string of the molecule is CC(C)c1cc(Nc2ccc(S(C)(=O)=O)cc2)n2ncc(Br)c2n1.CCCCc1cnn2c(Nc3ccc(S(C)(=O)=O)cc3)cc(-c3ccccc3)nc12. The van der Waals surface area contributed by atoms with Crippen LogP contribution in [0.5, 0.6) is 0 Å². The third-order valence-corrected chi connectivity index (χ3v) is 11.4. The van der Waals surface area contributed by atoms with Crippen molar-refractivity contribution in [1.29, 1.82) is 0 Å². The van der Waals surface area contributed by atoms with Gasteiger partial charge in [-0.3, -0.25) is 0 Å². The summed E-state index contributed by atoms with van der Waals surface area (Å²) in [6.45, 7) is 6.32. The number of fused-ring (bicyclic) bond motifs is 2. The van der Waals surface area contributed by atoms with E-state index in [2.05, 4.69) is 62.5 Å². The van der Waals surface area contributed by atoms with Crippen molar-refractivity contribution in [1.82, 2.24) is 29.2 Å². The van der Waals surface area contributed by atoms with Crippen molar-refractivity contribution in [2.24, 2.45) is 0 Å². The molecule has 0 aliphatic carbocycles. The van der Waals surface area contributed by atoms with Crippen LogP contribution in [-0.4, -0.2) is 58.5 Å². The Kier molecular flexibility index (Phi) is 11.5. The van der Waals surface area contributed by atoms with E-state index in [9.17, 15) is 16.8 Å². The Balaban J connectivity index is 0.000000189. The number of halogens is 1. The zero-order valence-corrected chi connectivity index (χ0v) is 33.7. The highest BCUT2D eigenvalue weighted by molar-refractivity contribution is 9.10. The molecule has 280 valence electrons. The standard InChI is InChI=1S/C23H24N4O2S.C16H17BrN4O2S/c1-3-4-8-18-16-24-27-22(25-19-11-13-20(14-12-19)30(2,28)29)15-21(26-23(18)27)17-9-6-5-7-10-17;1-10(2)14-8-15(21-16(20-14)13(17)9-18-21)19-11-4-6-12(7-5-11)24(3,22)23/h5-7,9-16,25H,3-4,8H2,1-2H3;4-10,19H,1-3H3. The molecule has 54 heavy (non-hydrogen) atoms. The van der Waals surface area contributed by atoms with Crippen LogP contribution in [0.15, 0.2) is 118 Å². The van der Waals surface area contributed by atoms with E-state index in [4.69, 9.17) is 4.98 Å². The minimum atomic E-state index is -3.23. The molecule has 0 fully saturated rings. The Labute approximate surface area is 323 Å². The summed E-state index contributed by atoms with van der Waals surface area (Å²) in [5.41, 5.74) is 7.06. The lowest BCUT2D eigenvalue weighted by atomic mass is 10.1. The molecule has 0 unspecified atom stereocenters. The van der Waals surface area contributed by atoms with Gasteiger partial charge in [-0.1, -0.05) is 57.5 Å². The lowest BCUT2D eigenvalue weighted by Gasteiger charge is -2.12. The normalized spacial score (nSPS) is 11.8. The fourth-order valence-electron chi connectivity index (χ4n) is 5.60. The number of benzene rings is 3. The first kappa shape index (κ1) is 38.6. The van der Waals surface area contributed by atoms with Crippen LogP contribution in [0, 0.1) is 0 Å². The van der Waals surface area contributed by atoms with Crippen LogP contribution >= 0.6 is 15.9 Å². The molecule has 0 saturated heterocycles. The van der Waals surface area contributed by atoms with E-state index in [-0.39, 0.29) is 10.8 Å². The molecule has 0 spiro atoms. The van der Waals surface area contributed by atoms with Crippen molar-refractivity contribution in [3.05, 3.63) is 119 Å². The number of anilines is 4. The van der Waals surface area contributed by atoms with Gasteiger partial charge in [0, 0.05) is 52.8 Å². The average molecular weight is 830 g/mol. The monoisotopic (exact) mass is 828 g/mol. The molecule has 0 aliphatic heterocycles. The van der Waals surface area contributed by atoms with Crippen molar-refractivity contribution in [3.63, 3.8) is 0 Å². The maximum Gasteiger partial charge on any atom is 0.175 e. The molecule has 0 bridgehead atoms. The predicted molar refractivity (Wildman–Crippen MR) is 217 cm³/mol. The molecule has 4 heterocycles. The van der Waals surface area contributed by atoms with E-state index in [1.165, 1.54) is 12.5 Å². The number of hydrogen-bond acceptors (Lipinski definition) is 10. The number of nitrogens with one attached hydrogen (secondary N) is 2. The molecule has 15 heteroatoms. The van der Waals surface area contributed by atoms with Gasteiger partial charge in [-0.25, -0.2) is 26.8 Å². The number of aromatic nitrogens is 6. The molecule has 0 amide bonds. The summed E-state index contributed by atoms with van der Waals surface area (Å²) in [7, 11) is -6.43. The summed E-state index contributed by atoms with van der Waals surface area (Å²) in [4.78, 5) is 10.1. The van der Waals surface area contributed by atoms with Crippen LogP contribution in [0.2, 0.25) is 0 Å². The van der Waals surface area contributed by atoms with Gasteiger partial charge in [0.2, 0.25) is 0 Å². The van der Waals surface area contributed by atoms with E-state index >= 15 is 0 Å². The van der Waals surface area contributed by atoms with Crippen molar-refractivity contribution in [3.8, 4) is 11.3 Å². The second-order valence-electron chi connectivity index (χ2n) is 13.2. The van der Waals surface area contributed by atoms with Crippen LogP contribution in [0.25, 0.3) is 22.6 Å². The molecule has 7 rings (SSSR count). The first-order chi connectivity index (χ1) is 25.7. The Hall–Kier alpha value is -5.12. The van der Waals surface area contributed by atoms with Gasteiger partial charge in [-0.2, -0.15) is 19.2 Å². The first-order valence-electron chi connectivity index (χ1n) is 17.3. The van der Waals surface area contributed by atoms with Gasteiger partial charge in [0.05, 0.1) is 32.4 Å². The second kappa shape index (κ2) is 16.1. The summed E-state index contributed by atoms with van der Waals surface area (Å²) in [6, 6.07) is 27.3. The van der Waals surface area contributed by atoms with Gasteiger partial charge >= 0.3 is 0 Å². The average Bonchev–Trinajstić information content (AvgIpc) is 3.74. The van der Waals surface area contributed by atoms with Crippen molar-refractivity contribution >= 4 is 69.9 Å².